The van der Waals surface area contributed by atoms with Crippen LogP contribution in [0.4, 0.5) is 9.59 Å². The Labute approximate surface area is 626 Å². The molecule has 4 aromatic carbocycles. The van der Waals surface area contributed by atoms with Crippen molar-refractivity contribution in [3.05, 3.63) is 131 Å². The number of ether oxygens (including phenoxy) is 15. The van der Waals surface area contributed by atoms with Crippen LogP contribution in [0.3, 0.4) is 0 Å². The standard InChI is InChI=1S/C38H56N2O12.C32H46N2O10.C6H11BrO2/c1-37(2,3)51-34(42)28-49-31-14-12-29(13-15-31)26-32(35(43)50-27-30-10-8-7-9-11-30)40-33(41)16-18-45-20-22-47-24-25-48-23-21-46-19-17-39-36(44)52-38(4,5)6;1-32(2,3)44-31(38)33-14-16-40-18-20-42-22-21-41-19-17-39-15-13-29(36)34-28(23-25-9-11-27(35)12-10-25)30(37)43-24-26-7-5-4-6-8-26;1-6(2,3)9-5(8)4-7/h7-15,32H,16-28H2,1-6H3,(H,39,44)(H,40,41);4-12,28,35H,13-24H2,1-3H3,(H,33,38)(H,34,36);4H2,1-3H3. The summed E-state index contributed by atoms with van der Waals surface area (Å²) < 4.78 is 80.5. The highest BCUT2D eigenvalue weighted by molar-refractivity contribution is 9.09. The molecule has 2 unspecified atom stereocenters. The van der Waals surface area contributed by atoms with Gasteiger partial charge in [0.05, 0.1) is 106 Å². The van der Waals surface area contributed by atoms with Crippen LogP contribution < -0.4 is 26.0 Å². The summed E-state index contributed by atoms with van der Waals surface area (Å²) in [5.41, 5.74) is 1.14. The number of esters is 4. The van der Waals surface area contributed by atoms with Crippen LogP contribution in [-0.2, 0) is 121 Å². The molecule has 0 aliphatic rings. The van der Waals surface area contributed by atoms with Crippen molar-refractivity contribution in [3.8, 4) is 11.5 Å². The molecule has 4 amide bonds. The normalized spacial score (nSPS) is 11.9. The van der Waals surface area contributed by atoms with E-state index in [9.17, 15) is 43.5 Å². The molecule has 2 atom stereocenters. The number of phenols is 1. The van der Waals surface area contributed by atoms with E-state index in [4.69, 9.17) is 71.1 Å². The smallest absolute Gasteiger partial charge is 0.407 e. The highest BCUT2D eigenvalue weighted by Gasteiger charge is 2.26. The second-order valence-corrected chi connectivity index (χ2v) is 27.6. The van der Waals surface area contributed by atoms with Crippen LogP contribution in [-0.4, -0.2) is 218 Å². The molecule has 0 fully saturated rings. The zero-order chi connectivity index (χ0) is 77.8. The van der Waals surface area contributed by atoms with Gasteiger partial charge in [0.15, 0.2) is 6.61 Å². The molecule has 4 aromatic rings. The van der Waals surface area contributed by atoms with Crippen LogP contribution in [0.1, 0.15) is 118 Å². The van der Waals surface area contributed by atoms with Crippen molar-refractivity contribution in [1.82, 2.24) is 21.3 Å². The summed E-state index contributed by atoms with van der Waals surface area (Å²) in [5.74, 6) is -1.95. The van der Waals surface area contributed by atoms with Crippen LogP contribution in [0.2, 0.25) is 0 Å². The number of alkyl carbamates (subject to hydrolysis) is 2. The van der Waals surface area contributed by atoms with E-state index in [1.54, 1.807) is 98.7 Å². The van der Waals surface area contributed by atoms with E-state index >= 15 is 0 Å². The van der Waals surface area contributed by atoms with Crippen LogP contribution in [0.15, 0.2) is 109 Å². The number of halogens is 1. The monoisotopic (exact) mass is 1540 g/mol. The first-order valence-corrected chi connectivity index (χ1v) is 35.9. The molecule has 588 valence electrons. The van der Waals surface area contributed by atoms with E-state index in [1.807, 2.05) is 81.4 Å². The number of phenolic OH excluding ortho intramolecular Hbond substituents is 1. The molecule has 0 bridgehead atoms. The maximum absolute atomic E-state index is 13.1. The molecule has 28 nitrogen and oxygen atoms in total. The van der Waals surface area contributed by atoms with Gasteiger partial charge in [-0.15, -0.1) is 0 Å². The number of aromatic hydroxyl groups is 1. The van der Waals surface area contributed by atoms with E-state index in [1.165, 1.54) is 12.1 Å². The zero-order valence-electron chi connectivity index (χ0n) is 63.1. The lowest BCUT2D eigenvalue weighted by Gasteiger charge is -2.19. The average molecular weight is 1550 g/mol. The third kappa shape index (κ3) is 54.3. The number of carbonyl (C=O) groups is 8. The Balaban J connectivity index is 0.000000643. The molecule has 29 heteroatoms. The van der Waals surface area contributed by atoms with Gasteiger partial charge < -0.3 is 97.4 Å². The Hall–Kier alpha value is -8.00. The molecule has 0 saturated heterocycles. The minimum absolute atomic E-state index is 0.0380. The van der Waals surface area contributed by atoms with Crippen molar-refractivity contribution in [2.75, 3.05) is 131 Å². The van der Waals surface area contributed by atoms with E-state index < -0.39 is 59.0 Å². The Bertz CT molecular complexity index is 3050. The summed E-state index contributed by atoms with van der Waals surface area (Å²) in [6, 6.07) is 30.0. The Morgan fingerprint density at radius 1 is 0.381 bits per heavy atom. The van der Waals surface area contributed by atoms with E-state index in [-0.39, 0.29) is 99.8 Å². The Kier molecular flexibility index (Phi) is 47.6. The largest absolute Gasteiger partial charge is 0.508 e. The maximum atomic E-state index is 13.1. The highest BCUT2D eigenvalue weighted by atomic mass is 79.9. The molecular formula is C76H113BrN4O24. The van der Waals surface area contributed by atoms with E-state index in [0.29, 0.717) is 105 Å². The number of nitrogens with one attached hydrogen (secondary N) is 4. The lowest BCUT2D eigenvalue weighted by atomic mass is 10.1. The summed E-state index contributed by atoms with van der Waals surface area (Å²) in [5, 5.41) is 20.5. The second kappa shape index (κ2) is 53.7. The van der Waals surface area contributed by atoms with Gasteiger partial charge in [-0.05, 0) is 130 Å². The minimum atomic E-state index is -0.938. The predicted molar refractivity (Wildman–Crippen MR) is 394 cm³/mol. The molecular weight excluding hydrogens is 1430 g/mol. The lowest BCUT2D eigenvalue weighted by molar-refractivity contribution is -0.157. The maximum Gasteiger partial charge on any atom is 0.407 e. The number of hydrogen-bond acceptors (Lipinski definition) is 24. The SMILES string of the molecule is CC(C)(C)OC(=O)CBr.CC(C)(C)OC(=O)COc1ccc(CC(NC(=O)CCOCCOCCOCCOCCNC(=O)OC(C)(C)C)C(=O)OCc2ccccc2)cc1.CC(C)(C)OC(=O)NCCOCCOCCOCCOCCC(=O)NC(Cc1ccc(O)cc1)C(=O)OCc1ccccc1. The fourth-order valence-corrected chi connectivity index (χ4v) is 8.33. The summed E-state index contributed by atoms with van der Waals surface area (Å²) in [7, 11) is 0. The number of hydrogen-bond donors (Lipinski definition) is 5. The molecule has 4 rings (SSSR count). The van der Waals surface area contributed by atoms with Crippen molar-refractivity contribution < 1.29 is 115 Å². The van der Waals surface area contributed by atoms with Gasteiger partial charge in [0.2, 0.25) is 11.8 Å². The van der Waals surface area contributed by atoms with Crippen LogP contribution in [0.5, 0.6) is 11.5 Å². The lowest BCUT2D eigenvalue weighted by Crippen LogP contribution is -2.43. The topological polar surface area (TPSA) is 343 Å². The summed E-state index contributed by atoms with van der Waals surface area (Å²) in [4.78, 5) is 96.8. The van der Waals surface area contributed by atoms with Gasteiger partial charge in [-0.2, -0.15) is 0 Å². The predicted octanol–water partition coefficient (Wildman–Crippen LogP) is 9.03. The number of rotatable bonds is 46. The summed E-state index contributed by atoms with van der Waals surface area (Å²) >= 11 is 2.99. The van der Waals surface area contributed by atoms with Crippen molar-refractivity contribution in [3.63, 3.8) is 0 Å². The van der Waals surface area contributed by atoms with Crippen LogP contribution in [0.25, 0.3) is 0 Å². The van der Waals surface area contributed by atoms with Crippen molar-refractivity contribution in [1.29, 1.82) is 0 Å². The van der Waals surface area contributed by atoms with Gasteiger partial charge in [-0.1, -0.05) is 101 Å². The van der Waals surface area contributed by atoms with Gasteiger partial charge in [0.25, 0.3) is 0 Å². The molecule has 0 aliphatic carbocycles. The molecule has 105 heavy (non-hydrogen) atoms. The van der Waals surface area contributed by atoms with Gasteiger partial charge >= 0.3 is 36.1 Å². The van der Waals surface area contributed by atoms with E-state index in [0.717, 1.165) is 22.3 Å². The molecule has 0 aromatic heterocycles. The number of benzene rings is 4. The zero-order valence-corrected chi connectivity index (χ0v) is 64.7. The third-order valence-electron chi connectivity index (χ3n) is 12.7. The minimum Gasteiger partial charge on any atom is -0.508 e. The first kappa shape index (κ1) is 93.1. The van der Waals surface area contributed by atoms with Crippen LogP contribution >= 0.6 is 15.9 Å². The van der Waals surface area contributed by atoms with Crippen molar-refractivity contribution in [2.24, 2.45) is 0 Å². The van der Waals surface area contributed by atoms with Gasteiger partial charge in [-0.3, -0.25) is 14.4 Å². The fraction of sp³-hybridized carbons (Fsp3) is 0.579. The fourth-order valence-electron chi connectivity index (χ4n) is 8.22. The third-order valence-corrected chi connectivity index (χ3v) is 13.2. The van der Waals surface area contributed by atoms with Crippen molar-refractivity contribution >= 4 is 63.8 Å². The molecule has 0 heterocycles. The second-order valence-electron chi connectivity index (χ2n) is 27.0. The average Bonchev–Trinajstić information content (AvgIpc) is 0.886. The number of carbonyl (C=O) groups excluding carboxylic acids is 8. The van der Waals surface area contributed by atoms with Crippen LogP contribution in [0, 0.1) is 0 Å². The van der Waals surface area contributed by atoms with Gasteiger partial charge in [0, 0.05) is 38.8 Å². The quantitative estimate of drug-likeness (QED) is 0.0119. The first-order valence-electron chi connectivity index (χ1n) is 34.8. The highest BCUT2D eigenvalue weighted by Crippen LogP contribution is 2.18. The number of alkyl halides is 1. The van der Waals surface area contributed by atoms with Gasteiger partial charge in [-0.25, -0.2) is 24.0 Å². The summed E-state index contributed by atoms with van der Waals surface area (Å²) in [6.45, 7) is 27.6. The molecule has 0 saturated carbocycles. The van der Waals surface area contributed by atoms with E-state index in [2.05, 4.69) is 37.2 Å². The first-order chi connectivity index (χ1) is 49.8. The Morgan fingerprint density at radius 3 is 1.02 bits per heavy atom. The van der Waals surface area contributed by atoms with Gasteiger partial charge in [0.1, 0.15) is 64.5 Å². The summed E-state index contributed by atoms with van der Waals surface area (Å²) in [6.07, 6.45) is -0.462. The number of amides is 4. The molecule has 0 spiro atoms. The molecule has 0 radical (unpaired) electrons. The van der Waals surface area contributed by atoms with Crippen molar-refractivity contribution in [2.45, 2.75) is 156 Å². The molecule has 5 N–H and O–H groups in total. The Morgan fingerprint density at radius 2 is 0.695 bits per heavy atom. The molecule has 0 aliphatic heterocycles.